The van der Waals surface area contributed by atoms with Crippen molar-refractivity contribution in [2.24, 2.45) is 0 Å². The fraction of sp³-hybridized carbons (Fsp3) is 0.190. The number of pyridine rings is 1. The first-order valence-electron chi connectivity index (χ1n) is 8.10. The van der Waals surface area contributed by atoms with E-state index in [1.165, 1.54) is 22.3 Å². The van der Waals surface area contributed by atoms with Crippen LogP contribution in [0.25, 0.3) is 22.4 Å². The van der Waals surface area contributed by atoms with E-state index in [2.05, 4.69) is 61.3 Å². The van der Waals surface area contributed by atoms with E-state index in [1.54, 1.807) is 6.20 Å². The summed E-state index contributed by atoms with van der Waals surface area (Å²) >= 11 is 0. The molecule has 1 unspecified atom stereocenters. The first-order valence-corrected chi connectivity index (χ1v) is 8.10. The third kappa shape index (κ3) is 2.05. The highest BCUT2D eigenvalue weighted by Crippen LogP contribution is 2.51. The quantitative estimate of drug-likeness (QED) is 0.644. The maximum atomic E-state index is 5.75. The largest absolute Gasteiger partial charge is 0.257 e. The SMILES string of the molecule is [B]c1ccc(-c2ccc3c(c2)C(C)(CC)c2ccccc2-3)nc1. The molecule has 0 spiro atoms. The van der Waals surface area contributed by atoms with E-state index >= 15 is 0 Å². The van der Waals surface area contributed by atoms with Crippen LogP contribution in [0.4, 0.5) is 0 Å². The lowest BCUT2D eigenvalue weighted by Gasteiger charge is -2.26. The highest BCUT2D eigenvalue weighted by atomic mass is 14.7. The molecule has 0 fully saturated rings. The molecule has 1 aromatic heterocycles. The Morgan fingerprint density at radius 2 is 1.74 bits per heavy atom. The number of nitrogens with zero attached hydrogens (tertiary/aromatic N) is 1. The maximum absolute atomic E-state index is 5.75. The Labute approximate surface area is 138 Å². The molecule has 1 aliphatic carbocycles. The second-order valence-corrected chi connectivity index (χ2v) is 6.47. The van der Waals surface area contributed by atoms with Crippen LogP contribution in [-0.2, 0) is 5.41 Å². The van der Waals surface area contributed by atoms with Gasteiger partial charge in [-0.2, -0.15) is 0 Å². The van der Waals surface area contributed by atoms with Crippen molar-refractivity contribution in [1.29, 1.82) is 0 Å². The van der Waals surface area contributed by atoms with E-state index in [9.17, 15) is 0 Å². The van der Waals surface area contributed by atoms with Gasteiger partial charge in [-0.25, -0.2) is 0 Å². The molecule has 110 valence electrons. The number of fused-ring (bicyclic) bond motifs is 3. The van der Waals surface area contributed by atoms with Gasteiger partial charge in [0.05, 0.1) is 5.69 Å². The Kier molecular flexibility index (Phi) is 3.16. The molecule has 2 heteroatoms. The standard InChI is InChI=1S/C21H18BN/c1-3-21(2)18-7-5-4-6-16(18)17-10-8-14(12-19(17)21)20-11-9-15(22)13-23-20/h4-13H,3H2,1-2H3. The molecule has 1 atom stereocenters. The molecular formula is C21H18BN. The van der Waals surface area contributed by atoms with Gasteiger partial charge in [-0.3, -0.25) is 4.98 Å². The molecule has 2 radical (unpaired) electrons. The highest BCUT2D eigenvalue weighted by Gasteiger charge is 2.37. The number of rotatable bonds is 2. The van der Waals surface area contributed by atoms with Gasteiger partial charge in [0.2, 0.25) is 0 Å². The van der Waals surface area contributed by atoms with Crippen molar-refractivity contribution in [3.8, 4) is 22.4 Å². The van der Waals surface area contributed by atoms with Crippen LogP contribution in [0, 0.1) is 0 Å². The third-order valence-corrected chi connectivity index (χ3v) is 5.21. The van der Waals surface area contributed by atoms with Gasteiger partial charge in [0.15, 0.2) is 0 Å². The van der Waals surface area contributed by atoms with Crippen molar-refractivity contribution < 1.29 is 0 Å². The fourth-order valence-electron chi connectivity index (χ4n) is 3.70. The van der Waals surface area contributed by atoms with Crippen molar-refractivity contribution in [1.82, 2.24) is 4.98 Å². The number of benzene rings is 2. The zero-order valence-corrected chi connectivity index (χ0v) is 13.5. The predicted molar refractivity (Wildman–Crippen MR) is 97.2 cm³/mol. The molecular weight excluding hydrogens is 277 g/mol. The summed E-state index contributed by atoms with van der Waals surface area (Å²) in [7, 11) is 5.75. The number of aromatic nitrogens is 1. The lowest BCUT2D eigenvalue weighted by Crippen LogP contribution is -2.19. The Balaban J connectivity index is 1.92. The van der Waals surface area contributed by atoms with Gasteiger partial charge in [-0.15, -0.1) is 0 Å². The van der Waals surface area contributed by atoms with Crippen LogP contribution in [0.15, 0.2) is 60.8 Å². The molecule has 1 nitrogen and oxygen atoms in total. The molecule has 23 heavy (non-hydrogen) atoms. The summed E-state index contributed by atoms with van der Waals surface area (Å²) in [6, 6.07) is 19.4. The molecule has 0 N–H and O–H groups in total. The van der Waals surface area contributed by atoms with Gasteiger partial charge in [0.1, 0.15) is 7.85 Å². The van der Waals surface area contributed by atoms with Crippen molar-refractivity contribution >= 4 is 13.3 Å². The van der Waals surface area contributed by atoms with Crippen molar-refractivity contribution in [3.05, 3.63) is 71.9 Å². The zero-order chi connectivity index (χ0) is 16.0. The van der Waals surface area contributed by atoms with E-state index in [1.807, 2.05) is 12.1 Å². The van der Waals surface area contributed by atoms with Crippen LogP contribution in [-0.4, -0.2) is 12.8 Å². The molecule has 1 aliphatic rings. The molecule has 0 saturated carbocycles. The van der Waals surface area contributed by atoms with Gasteiger partial charge in [0.25, 0.3) is 0 Å². The molecule has 0 bridgehead atoms. The van der Waals surface area contributed by atoms with Crippen molar-refractivity contribution in [3.63, 3.8) is 0 Å². The first-order chi connectivity index (χ1) is 11.1. The summed E-state index contributed by atoms with van der Waals surface area (Å²) in [5.41, 5.74) is 8.42. The molecule has 4 rings (SSSR count). The van der Waals surface area contributed by atoms with E-state index in [-0.39, 0.29) is 5.41 Å². The first kappa shape index (κ1) is 14.3. The maximum Gasteiger partial charge on any atom is 0.115 e. The van der Waals surface area contributed by atoms with E-state index in [0.29, 0.717) is 5.46 Å². The summed E-state index contributed by atoms with van der Waals surface area (Å²) in [4.78, 5) is 4.47. The zero-order valence-electron chi connectivity index (χ0n) is 13.5. The van der Waals surface area contributed by atoms with Crippen LogP contribution in [0.2, 0.25) is 0 Å². The van der Waals surface area contributed by atoms with Crippen LogP contribution in [0.5, 0.6) is 0 Å². The van der Waals surface area contributed by atoms with E-state index in [4.69, 9.17) is 7.85 Å². The number of hydrogen-bond acceptors (Lipinski definition) is 1. The van der Waals surface area contributed by atoms with Crippen molar-refractivity contribution in [2.45, 2.75) is 25.7 Å². The third-order valence-electron chi connectivity index (χ3n) is 5.21. The second-order valence-electron chi connectivity index (χ2n) is 6.47. The Bertz CT molecular complexity index is 883. The summed E-state index contributed by atoms with van der Waals surface area (Å²) < 4.78 is 0. The molecule has 1 heterocycles. The van der Waals surface area contributed by atoms with E-state index < -0.39 is 0 Å². The Hall–Kier alpha value is -2.35. The smallest absolute Gasteiger partial charge is 0.115 e. The normalized spacial score (nSPS) is 18.5. The fourth-order valence-corrected chi connectivity index (χ4v) is 3.70. The average molecular weight is 295 g/mol. The molecule has 0 aliphatic heterocycles. The average Bonchev–Trinajstić information content (AvgIpc) is 2.85. The van der Waals surface area contributed by atoms with Crippen LogP contribution >= 0.6 is 0 Å². The summed E-state index contributed by atoms with van der Waals surface area (Å²) in [6.45, 7) is 4.61. The molecule has 2 aromatic carbocycles. The summed E-state index contributed by atoms with van der Waals surface area (Å²) in [5, 5.41) is 0. The lowest BCUT2D eigenvalue weighted by molar-refractivity contribution is 0.564. The number of hydrogen-bond donors (Lipinski definition) is 0. The summed E-state index contributed by atoms with van der Waals surface area (Å²) in [6.07, 6.45) is 2.80. The topological polar surface area (TPSA) is 12.9 Å². The molecule has 3 aromatic rings. The van der Waals surface area contributed by atoms with Crippen LogP contribution in [0.1, 0.15) is 31.4 Å². The minimum absolute atomic E-state index is 0.0652. The Morgan fingerprint density at radius 3 is 2.48 bits per heavy atom. The molecule has 0 amide bonds. The van der Waals surface area contributed by atoms with Gasteiger partial charge < -0.3 is 0 Å². The van der Waals surface area contributed by atoms with E-state index in [0.717, 1.165) is 17.7 Å². The predicted octanol–water partition coefficient (Wildman–Crippen LogP) is 4.24. The van der Waals surface area contributed by atoms with Crippen LogP contribution < -0.4 is 5.46 Å². The van der Waals surface area contributed by atoms with Gasteiger partial charge in [0, 0.05) is 17.2 Å². The van der Waals surface area contributed by atoms with Gasteiger partial charge in [-0.05, 0) is 40.8 Å². The molecule has 0 saturated heterocycles. The monoisotopic (exact) mass is 295 g/mol. The van der Waals surface area contributed by atoms with Crippen molar-refractivity contribution in [2.75, 3.05) is 0 Å². The minimum Gasteiger partial charge on any atom is -0.257 e. The second kappa shape index (κ2) is 5.09. The van der Waals surface area contributed by atoms with Gasteiger partial charge >= 0.3 is 0 Å². The minimum atomic E-state index is 0.0652. The summed E-state index contributed by atoms with van der Waals surface area (Å²) in [5.74, 6) is 0. The Morgan fingerprint density at radius 1 is 0.957 bits per heavy atom. The van der Waals surface area contributed by atoms with Gasteiger partial charge in [-0.1, -0.05) is 61.8 Å². The highest BCUT2D eigenvalue weighted by molar-refractivity contribution is 6.32. The van der Waals surface area contributed by atoms with Crippen LogP contribution in [0.3, 0.4) is 0 Å². The lowest BCUT2D eigenvalue weighted by atomic mass is 9.77.